The van der Waals surface area contributed by atoms with Crippen LogP contribution in [0.2, 0.25) is 0 Å². The van der Waals surface area contributed by atoms with Crippen molar-refractivity contribution in [1.82, 2.24) is 4.90 Å². The van der Waals surface area contributed by atoms with E-state index in [1.807, 2.05) is 0 Å². The number of aliphatic carboxylic acids is 1. The monoisotopic (exact) mass is 253 g/mol. The molecule has 1 saturated heterocycles. The van der Waals surface area contributed by atoms with Gasteiger partial charge in [-0.25, -0.2) is 0 Å². The van der Waals surface area contributed by atoms with Crippen LogP contribution in [-0.4, -0.2) is 34.6 Å². The van der Waals surface area contributed by atoms with Gasteiger partial charge in [0.2, 0.25) is 0 Å². The van der Waals surface area contributed by atoms with Gasteiger partial charge in [0.1, 0.15) is 6.04 Å². The third kappa shape index (κ3) is 2.87. The summed E-state index contributed by atoms with van der Waals surface area (Å²) in [6.07, 6.45) is 8.17. The first-order chi connectivity index (χ1) is 8.61. The predicted molar refractivity (Wildman–Crippen MR) is 72.6 cm³/mol. The van der Waals surface area contributed by atoms with Gasteiger partial charge in [-0.3, -0.25) is 9.69 Å². The lowest BCUT2D eigenvalue weighted by molar-refractivity contribution is -0.147. The number of nitrogens with zero attached hydrogens (tertiary/aromatic N) is 1. The zero-order valence-electron chi connectivity index (χ0n) is 11.8. The first-order valence-corrected chi connectivity index (χ1v) is 7.60. The Hall–Kier alpha value is -0.570. The van der Waals surface area contributed by atoms with Crippen LogP contribution in [0.5, 0.6) is 0 Å². The van der Waals surface area contributed by atoms with Gasteiger partial charge in [0.05, 0.1) is 0 Å². The molecule has 3 atom stereocenters. The van der Waals surface area contributed by atoms with E-state index in [0.717, 1.165) is 19.4 Å². The van der Waals surface area contributed by atoms with Crippen LogP contribution in [0.3, 0.4) is 0 Å². The SMILES string of the molecule is CC(C)C1CCCCC1N1CCCCC1C(=O)O. The van der Waals surface area contributed by atoms with Gasteiger partial charge < -0.3 is 5.11 Å². The maximum atomic E-state index is 11.4. The van der Waals surface area contributed by atoms with Crippen LogP contribution in [0.1, 0.15) is 58.8 Å². The summed E-state index contributed by atoms with van der Waals surface area (Å²) < 4.78 is 0. The molecule has 1 N–H and O–H groups in total. The summed E-state index contributed by atoms with van der Waals surface area (Å²) in [6, 6.07) is 0.295. The second kappa shape index (κ2) is 6.05. The summed E-state index contributed by atoms with van der Waals surface area (Å²) in [5, 5.41) is 9.42. The number of carboxylic acid groups (broad SMARTS) is 1. The number of piperidine rings is 1. The largest absolute Gasteiger partial charge is 0.480 e. The molecule has 3 heteroatoms. The Morgan fingerprint density at radius 2 is 1.78 bits per heavy atom. The van der Waals surface area contributed by atoms with E-state index in [-0.39, 0.29) is 6.04 Å². The van der Waals surface area contributed by atoms with Crippen molar-refractivity contribution in [3.05, 3.63) is 0 Å². The number of hydrogen-bond donors (Lipinski definition) is 1. The van der Waals surface area contributed by atoms with Crippen LogP contribution in [0.4, 0.5) is 0 Å². The lowest BCUT2D eigenvalue weighted by atomic mass is 9.76. The van der Waals surface area contributed by atoms with Crippen molar-refractivity contribution in [2.45, 2.75) is 70.9 Å². The fourth-order valence-corrected chi connectivity index (χ4v) is 3.95. The molecule has 1 heterocycles. The molecule has 0 aromatic carbocycles. The highest BCUT2D eigenvalue weighted by atomic mass is 16.4. The molecular formula is C15H27NO2. The third-order valence-electron chi connectivity index (χ3n) is 4.89. The molecule has 0 aromatic rings. The summed E-state index contributed by atoms with van der Waals surface area (Å²) in [4.78, 5) is 13.8. The zero-order chi connectivity index (χ0) is 13.1. The second-order valence-corrected chi connectivity index (χ2v) is 6.35. The maximum Gasteiger partial charge on any atom is 0.320 e. The molecule has 1 aliphatic carbocycles. The Morgan fingerprint density at radius 3 is 2.44 bits per heavy atom. The van der Waals surface area contributed by atoms with E-state index in [9.17, 15) is 9.90 Å². The summed E-state index contributed by atoms with van der Waals surface area (Å²) in [5.41, 5.74) is 0. The quantitative estimate of drug-likeness (QED) is 0.840. The van der Waals surface area contributed by atoms with E-state index in [1.165, 1.54) is 32.1 Å². The number of rotatable bonds is 3. The van der Waals surface area contributed by atoms with E-state index < -0.39 is 5.97 Å². The van der Waals surface area contributed by atoms with Gasteiger partial charge in [-0.1, -0.05) is 33.1 Å². The highest BCUT2D eigenvalue weighted by Crippen LogP contribution is 2.36. The van der Waals surface area contributed by atoms with Crippen LogP contribution in [-0.2, 0) is 4.79 Å². The average Bonchev–Trinajstić information content (AvgIpc) is 2.38. The molecule has 0 aromatic heterocycles. The average molecular weight is 253 g/mol. The molecule has 0 bridgehead atoms. The third-order valence-corrected chi connectivity index (χ3v) is 4.89. The highest BCUT2D eigenvalue weighted by Gasteiger charge is 2.38. The van der Waals surface area contributed by atoms with E-state index >= 15 is 0 Å². The summed E-state index contributed by atoms with van der Waals surface area (Å²) >= 11 is 0. The molecule has 2 fully saturated rings. The van der Waals surface area contributed by atoms with Gasteiger partial charge in [0, 0.05) is 6.04 Å². The molecular weight excluding hydrogens is 226 g/mol. The lowest BCUT2D eigenvalue weighted by Gasteiger charge is -2.46. The van der Waals surface area contributed by atoms with E-state index in [0.29, 0.717) is 17.9 Å². The molecule has 3 unspecified atom stereocenters. The van der Waals surface area contributed by atoms with Gasteiger partial charge in [-0.05, 0) is 44.1 Å². The van der Waals surface area contributed by atoms with Crippen molar-refractivity contribution in [1.29, 1.82) is 0 Å². The smallest absolute Gasteiger partial charge is 0.320 e. The Morgan fingerprint density at radius 1 is 1.11 bits per heavy atom. The summed E-state index contributed by atoms with van der Waals surface area (Å²) in [7, 11) is 0. The van der Waals surface area contributed by atoms with E-state index in [4.69, 9.17) is 0 Å². The fraction of sp³-hybridized carbons (Fsp3) is 0.933. The first kappa shape index (κ1) is 13.9. The highest BCUT2D eigenvalue weighted by molar-refractivity contribution is 5.73. The van der Waals surface area contributed by atoms with E-state index in [2.05, 4.69) is 18.7 Å². The maximum absolute atomic E-state index is 11.4. The van der Waals surface area contributed by atoms with Crippen LogP contribution in [0, 0.1) is 11.8 Å². The van der Waals surface area contributed by atoms with E-state index in [1.54, 1.807) is 0 Å². The molecule has 1 aliphatic heterocycles. The molecule has 2 aliphatic rings. The van der Waals surface area contributed by atoms with Crippen molar-refractivity contribution < 1.29 is 9.90 Å². The lowest BCUT2D eigenvalue weighted by Crippen LogP contribution is -2.54. The van der Waals surface area contributed by atoms with Crippen molar-refractivity contribution in [3.63, 3.8) is 0 Å². The molecule has 0 spiro atoms. The Bertz CT molecular complexity index is 290. The molecule has 18 heavy (non-hydrogen) atoms. The van der Waals surface area contributed by atoms with Crippen molar-refractivity contribution in [3.8, 4) is 0 Å². The minimum Gasteiger partial charge on any atom is -0.480 e. The Labute approximate surface area is 111 Å². The molecule has 1 saturated carbocycles. The van der Waals surface area contributed by atoms with Crippen LogP contribution < -0.4 is 0 Å². The van der Waals surface area contributed by atoms with Gasteiger partial charge in [0.15, 0.2) is 0 Å². The molecule has 104 valence electrons. The predicted octanol–water partition coefficient (Wildman–Crippen LogP) is 3.14. The zero-order valence-corrected chi connectivity index (χ0v) is 11.8. The van der Waals surface area contributed by atoms with Gasteiger partial charge in [-0.15, -0.1) is 0 Å². The normalized spacial score (nSPS) is 34.7. The van der Waals surface area contributed by atoms with Crippen molar-refractivity contribution in [2.24, 2.45) is 11.8 Å². The fourth-order valence-electron chi connectivity index (χ4n) is 3.95. The molecule has 0 amide bonds. The van der Waals surface area contributed by atoms with Gasteiger partial charge >= 0.3 is 5.97 Å². The molecule has 3 nitrogen and oxygen atoms in total. The molecule has 2 rings (SSSR count). The Balaban J connectivity index is 2.12. The number of carbonyl (C=O) groups is 1. The van der Waals surface area contributed by atoms with Gasteiger partial charge in [-0.2, -0.15) is 0 Å². The van der Waals surface area contributed by atoms with Crippen molar-refractivity contribution in [2.75, 3.05) is 6.54 Å². The number of carboxylic acids is 1. The number of hydrogen-bond acceptors (Lipinski definition) is 2. The van der Waals surface area contributed by atoms with Crippen LogP contribution >= 0.6 is 0 Å². The molecule has 0 radical (unpaired) electrons. The Kier molecular flexibility index (Phi) is 4.66. The summed E-state index contributed by atoms with van der Waals surface area (Å²) in [5.74, 6) is 0.758. The van der Waals surface area contributed by atoms with Gasteiger partial charge in [0.25, 0.3) is 0 Å². The number of likely N-dealkylation sites (tertiary alicyclic amines) is 1. The minimum absolute atomic E-state index is 0.219. The standard InChI is InChI=1S/C15H27NO2/c1-11(2)12-7-3-4-8-13(12)16-10-6-5-9-14(16)15(17)18/h11-14H,3-10H2,1-2H3,(H,17,18). The van der Waals surface area contributed by atoms with Crippen LogP contribution in [0.15, 0.2) is 0 Å². The summed E-state index contributed by atoms with van der Waals surface area (Å²) in [6.45, 7) is 5.58. The van der Waals surface area contributed by atoms with Crippen molar-refractivity contribution >= 4 is 5.97 Å². The topological polar surface area (TPSA) is 40.5 Å². The minimum atomic E-state index is -0.609. The second-order valence-electron chi connectivity index (χ2n) is 6.35. The first-order valence-electron chi connectivity index (χ1n) is 7.60. The van der Waals surface area contributed by atoms with Crippen LogP contribution in [0.25, 0.3) is 0 Å².